The number of allylic oxidation sites excluding steroid dienone is 5. The van der Waals surface area contributed by atoms with E-state index < -0.39 is 18.2 Å². The predicted molar refractivity (Wildman–Crippen MR) is 129 cm³/mol. The molecular weight excluding hydrogens is 388 g/mol. The van der Waals surface area contributed by atoms with Gasteiger partial charge in [0.1, 0.15) is 0 Å². The lowest BCUT2D eigenvalue weighted by atomic mass is 10.1. The number of aliphatic carboxylic acids is 1. The average molecular weight is 425 g/mol. The molecule has 0 amide bonds. The van der Waals surface area contributed by atoms with Crippen molar-refractivity contribution in [2.45, 2.75) is 64.6 Å². The van der Waals surface area contributed by atoms with Crippen LogP contribution in [0.4, 0.5) is 0 Å². The normalized spacial score (nSPS) is 12.2. The van der Waals surface area contributed by atoms with Crippen LogP contribution < -0.4 is 0 Å². The first-order chi connectivity index (χ1) is 15.1. The Balaban J connectivity index is 0. The highest BCUT2D eigenvalue weighted by molar-refractivity contribution is 5.66. The fraction of sp³-hybridized carbons (Fsp3) is 0.370. The van der Waals surface area contributed by atoms with E-state index in [1.54, 1.807) is 12.2 Å². The molecule has 31 heavy (non-hydrogen) atoms. The van der Waals surface area contributed by atoms with E-state index in [1.807, 2.05) is 50.3 Å². The van der Waals surface area contributed by atoms with Crippen LogP contribution in [0.3, 0.4) is 0 Å². The van der Waals surface area contributed by atoms with E-state index in [4.69, 9.17) is 5.11 Å². The fourth-order valence-electron chi connectivity index (χ4n) is 2.29. The van der Waals surface area contributed by atoms with Crippen LogP contribution in [0.1, 0.15) is 51.5 Å². The van der Waals surface area contributed by atoms with Gasteiger partial charge in [-0.25, -0.2) is 0 Å². The summed E-state index contributed by atoms with van der Waals surface area (Å²) in [5.74, 6) is 5.35. The van der Waals surface area contributed by atoms with E-state index in [-0.39, 0.29) is 12.8 Å². The van der Waals surface area contributed by atoms with Gasteiger partial charge in [0.25, 0.3) is 0 Å². The summed E-state index contributed by atoms with van der Waals surface area (Å²) in [6.07, 6.45) is 19.7. The Morgan fingerprint density at radius 1 is 1.03 bits per heavy atom. The summed E-state index contributed by atoms with van der Waals surface area (Å²) < 4.78 is 0. The van der Waals surface area contributed by atoms with Gasteiger partial charge < -0.3 is 15.3 Å². The number of terminal acetylenes is 1. The zero-order chi connectivity index (χ0) is 23.7. The molecule has 2 atom stereocenters. The molecule has 0 saturated heterocycles. The van der Waals surface area contributed by atoms with E-state index in [2.05, 4.69) is 36.8 Å². The molecule has 0 saturated carbocycles. The Morgan fingerprint density at radius 3 is 2.32 bits per heavy atom. The largest absolute Gasteiger partial charge is 0.481 e. The number of benzene rings is 1. The highest BCUT2D eigenvalue weighted by atomic mass is 16.4. The van der Waals surface area contributed by atoms with Crippen LogP contribution >= 0.6 is 0 Å². The van der Waals surface area contributed by atoms with Crippen LogP contribution in [0.5, 0.6) is 0 Å². The Labute approximate surface area is 188 Å². The standard InChI is InChI=1S/C23H28O4.C2H6.C2H2/c24-21(22(25)18-13-19-23(26)27)17-12-7-5-3-1-2-4-6-9-14-20-15-10-8-11-16-20;2*1-2/h1,3,5,7-8,10-12,15-17,21-22,24-25H,2,9,13-14,18-19H2,(H,26,27);1-2H3;1-2H/b3-1-,7-5+,17-12+;;/t21-,22+;;/m1../s1. The summed E-state index contributed by atoms with van der Waals surface area (Å²) >= 11 is 0. The van der Waals surface area contributed by atoms with E-state index in [1.165, 1.54) is 11.6 Å². The topological polar surface area (TPSA) is 77.8 Å². The molecule has 0 fully saturated rings. The average Bonchev–Trinajstić information content (AvgIpc) is 2.80. The van der Waals surface area contributed by atoms with Crippen molar-refractivity contribution in [2.24, 2.45) is 0 Å². The van der Waals surface area contributed by atoms with Gasteiger partial charge in [0.15, 0.2) is 0 Å². The molecule has 0 spiro atoms. The first-order valence-electron chi connectivity index (χ1n) is 10.5. The lowest BCUT2D eigenvalue weighted by Gasteiger charge is -2.13. The highest BCUT2D eigenvalue weighted by Gasteiger charge is 2.12. The molecule has 168 valence electrons. The second-order valence-electron chi connectivity index (χ2n) is 6.09. The van der Waals surface area contributed by atoms with Crippen molar-refractivity contribution in [2.75, 3.05) is 0 Å². The SMILES string of the molecule is C#C.CC.O=C(O)CCC[C@H](O)[C@H](O)/C=C/C=C/C=C\CC#CCCc1ccccc1. The molecule has 1 aromatic rings. The summed E-state index contributed by atoms with van der Waals surface area (Å²) in [5, 5.41) is 28.0. The summed E-state index contributed by atoms with van der Waals surface area (Å²) in [7, 11) is 0. The molecule has 4 nitrogen and oxygen atoms in total. The lowest BCUT2D eigenvalue weighted by Crippen LogP contribution is -2.23. The van der Waals surface area contributed by atoms with Gasteiger partial charge >= 0.3 is 5.97 Å². The van der Waals surface area contributed by atoms with Gasteiger partial charge in [0, 0.05) is 19.3 Å². The van der Waals surface area contributed by atoms with Crippen molar-refractivity contribution in [1.29, 1.82) is 0 Å². The van der Waals surface area contributed by atoms with Gasteiger partial charge in [-0.15, -0.1) is 18.8 Å². The molecule has 1 rings (SSSR count). The van der Waals surface area contributed by atoms with Gasteiger partial charge in [0.2, 0.25) is 0 Å². The number of hydrogen-bond acceptors (Lipinski definition) is 3. The van der Waals surface area contributed by atoms with Crippen LogP contribution in [0, 0.1) is 24.7 Å². The number of carbonyl (C=O) groups is 1. The van der Waals surface area contributed by atoms with E-state index in [0.29, 0.717) is 12.8 Å². The molecule has 0 aliphatic carbocycles. The first kappa shape index (κ1) is 30.1. The zero-order valence-electron chi connectivity index (χ0n) is 18.7. The van der Waals surface area contributed by atoms with E-state index in [0.717, 1.165) is 12.8 Å². The molecule has 0 heterocycles. The van der Waals surface area contributed by atoms with Crippen molar-refractivity contribution in [1.82, 2.24) is 0 Å². The van der Waals surface area contributed by atoms with E-state index >= 15 is 0 Å². The second kappa shape index (κ2) is 23.2. The highest BCUT2D eigenvalue weighted by Crippen LogP contribution is 2.06. The summed E-state index contributed by atoms with van der Waals surface area (Å²) in [5.41, 5.74) is 1.30. The number of hydrogen-bond donors (Lipinski definition) is 3. The van der Waals surface area contributed by atoms with Crippen molar-refractivity contribution >= 4 is 5.97 Å². The monoisotopic (exact) mass is 424 g/mol. The lowest BCUT2D eigenvalue weighted by molar-refractivity contribution is -0.137. The maximum absolute atomic E-state index is 10.4. The molecule has 0 aliphatic heterocycles. The number of aryl methyl sites for hydroxylation is 1. The molecule has 1 aromatic carbocycles. The smallest absolute Gasteiger partial charge is 0.303 e. The summed E-state index contributed by atoms with van der Waals surface area (Å²) in [4.78, 5) is 10.4. The molecule has 0 unspecified atom stereocenters. The Morgan fingerprint density at radius 2 is 1.68 bits per heavy atom. The van der Waals surface area contributed by atoms with Gasteiger partial charge in [-0.3, -0.25) is 4.79 Å². The van der Waals surface area contributed by atoms with Gasteiger partial charge in [-0.2, -0.15) is 0 Å². The first-order valence-corrected chi connectivity index (χ1v) is 10.5. The molecule has 3 N–H and O–H groups in total. The second-order valence-corrected chi connectivity index (χ2v) is 6.09. The van der Waals surface area contributed by atoms with Crippen LogP contribution in [-0.4, -0.2) is 33.5 Å². The fourth-order valence-corrected chi connectivity index (χ4v) is 2.29. The zero-order valence-corrected chi connectivity index (χ0v) is 18.7. The molecular formula is C27H36O4. The maximum atomic E-state index is 10.4. The molecule has 0 aliphatic rings. The quantitative estimate of drug-likeness (QED) is 0.348. The minimum Gasteiger partial charge on any atom is -0.481 e. The van der Waals surface area contributed by atoms with Crippen molar-refractivity contribution < 1.29 is 20.1 Å². The van der Waals surface area contributed by atoms with Crippen LogP contribution in [0.15, 0.2) is 66.8 Å². The molecule has 4 heteroatoms. The third kappa shape index (κ3) is 20.0. The minimum absolute atomic E-state index is 0.00661. The van der Waals surface area contributed by atoms with Crippen molar-refractivity contribution in [3.8, 4) is 24.7 Å². The van der Waals surface area contributed by atoms with Gasteiger partial charge in [-0.05, 0) is 24.8 Å². The number of aliphatic hydroxyl groups is 2. The number of rotatable bonds is 11. The van der Waals surface area contributed by atoms with Crippen LogP contribution in [0.2, 0.25) is 0 Å². The molecule has 0 bridgehead atoms. The van der Waals surface area contributed by atoms with Crippen LogP contribution in [0.25, 0.3) is 0 Å². The Kier molecular flexibility index (Phi) is 22.6. The predicted octanol–water partition coefficient (Wildman–Crippen LogP) is 4.93. The van der Waals surface area contributed by atoms with Gasteiger partial charge in [0.05, 0.1) is 12.2 Å². The van der Waals surface area contributed by atoms with Crippen LogP contribution in [-0.2, 0) is 11.2 Å². The molecule has 0 aromatic heterocycles. The van der Waals surface area contributed by atoms with Crippen molar-refractivity contribution in [3.05, 3.63) is 72.4 Å². The maximum Gasteiger partial charge on any atom is 0.303 e. The van der Waals surface area contributed by atoms with Gasteiger partial charge in [-0.1, -0.05) is 86.6 Å². The Hall–Kier alpha value is -3.05. The summed E-state index contributed by atoms with van der Waals surface area (Å²) in [6.45, 7) is 4.00. The summed E-state index contributed by atoms with van der Waals surface area (Å²) in [6, 6.07) is 10.3. The third-order valence-corrected chi connectivity index (χ3v) is 3.79. The Bertz CT molecular complexity index is 718. The van der Waals surface area contributed by atoms with E-state index in [9.17, 15) is 15.0 Å². The third-order valence-electron chi connectivity index (χ3n) is 3.79. The number of aliphatic hydroxyl groups excluding tert-OH is 2. The minimum atomic E-state index is -0.997. The number of carboxylic acids is 1. The number of carboxylic acid groups (broad SMARTS) is 1. The van der Waals surface area contributed by atoms with Crippen molar-refractivity contribution in [3.63, 3.8) is 0 Å². The molecule has 0 radical (unpaired) electrons.